The van der Waals surface area contributed by atoms with Crippen LogP contribution in [0.2, 0.25) is 0 Å². The molecule has 0 aliphatic carbocycles. The van der Waals surface area contributed by atoms with Gasteiger partial charge in [0.2, 0.25) is 0 Å². The van der Waals surface area contributed by atoms with Gasteiger partial charge in [0.1, 0.15) is 24.6 Å². The van der Waals surface area contributed by atoms with Crippen LogP contribution in [0.3, 0.4) is 0 Å². The van der Waals surface area contributed by atoms with Crippen molar-refractivity contribution < 1.29 is 9.13 Å². The molecule has 2 unspecified atom stereocenters. The van der Waals surface area contributed by atoms with Crippen LogP contribution in [0.5, 0.6) is 0 Å². The summed E-state index contributed by atoms with van der Waals surface area (Å²) in [5.74, 6) is 0.581. The van der Waals surface area contributed by atoms with E-state index >= 15 is 0 Å². The zero-order valence-corrected chi connectivity index (χ0v) is 17.2. The van der Waals surface area contributed by atoms with Gasteiger partial charge in [-0.1, -0.05) is 12.1 Å². The summed E-state index contributed by atoms with van der Waals surface area (Å²) in [5, 5.41) is 7.43. The third-order valence-electron chi connectivity index (χ3n) is 4.10. The van der Waals surface area contributed by atoms with Gasteiger partial charge in [-0.2, -0.15) is 5.10 Å². The Hall–Kier alpha value is -1.75. The van der Waals surface area contributed by atoms with Gasteiger partial charge in [0.05, 0.1) is 19.2 Å². The molecule has 1 saturated heterocycles. The Balaban J connectivity index is 0.00000243. The first kappa shape index (κ1) is 20.6. The zero-order valence-electron chi connectivity index (χ0n) is 14.9. The molecule has 1 aliphatic rings. The van der Waals surface area contributed by atoms with Crippen LogP contribution in [0.15, 0.2) is 41.9 Å². The Morgan fingerprint density at radius 1 is 1.35 bits per heavy atom. The van der Waals surface area contributed by atoms with Crippen molar-refractivity contribution in [3.63, 3.8) is 0 Å². The maximum atomic E-state index is 13.2. The lowest BCUT2D eigenvalue weighted by Crippen LogP contribution is -2.51. The number of halogens is 2. The molecule has 7 nitrogen and oxygen atoms in total. The topological polar surface area (TPSA) is 67.6 Å². The molecule has 2 atom stereocenters. The zero-order chi connectivity index (χ0) is 17.6. The number of hydrogen-bond acceptors (Lipinski definition) is 4. The second-order valence-electron chi connectivity index (χ2n) is 6.02. The summed E-state index contributed by atoms with van der Waals surface area (Å²) in [6.45, 7) is 4.86. The summed E-state index contributed by atoms with van der Waals surface area (Å²) in [5.41, 5.74) is 0.969. The van der Waals surface area contributed by atoms with E-state index in [0.29, 0.717) is 19.6 Å². The number of hydrogen-bond donors (Lipinski definition) is 1. The van der Waals surface area contributed by atoms with E-state index in [1.54, 1.807) is 30.2 Å². The van der Waals surface area contributed by atoms with Crippen LogP contribution in [-0.2, 0) is 11.3 Å². The molecule has 1 aromatic carbocycles. The summed E-state index contributed by atoms with van der Waals surface area (Å²) in [6, 6.07) is 6.48. The number of aliphatic imine (C=N–C) groups is 1. The Morgan fingerprint density at radius 2 is 2.12 bits per heavy atom. The summed E-state index contributed by atoms with van der Waals surface area (Å²) < 4.78 is 21.0. The molecule has 26 heavy (non-hydrogen) atoms. The van der Waals surface area contributed by atoms with Crippen molar-refractivity contribution in [1.29, 1.82) is 0 Å². The van der Waals surface area contributed by atoms with Crippen molar-refractivity contribution in [2.45, 2.75) is 25.7 Å². The highest BCUT2D eigenvalue weighted by molar-refractivity contribution is 14.0. The first-order valence-corrected chi connectivity index (χ1v) is 8.34. The lowest BCUT2D eigenvalue weighted by molar-refractivity contribution is -0.0605. The highest BCUT2D eigenvalue weighted by Crippen LogP contribution is 2.25. The van der Waals surface area contributed by atoms with E-state index in [2.05, 4.69) is 25.3 Å². The standard InChI is InChI=1S/C17H23FN6O.HI/c1-13-9-23(10-16(25-13)14-3-5-15(18)6-4-14)17(19-2)21-7-8-24-12-20-11-22-24;/h3-6,11-13,16H,7-10H2,1-2H3,(H,19,21);1H. The molecule has 3 rings (SSSR count). The molecule has 1 fully saturated rings. The largest absolute Gasteiger partial charge is 0.367 e. The second kappa shape index (κ2) is 9.81. The van der Waals surface area contributed by atoms with E-state index in [9.17, 15) is 4.39 Å². The van der Waals surface area contributed by atoms with Crippen molar-refractivity contribution in [3.8, 4) is 0 Å². The van der Waals surface area contributed by atoms with Gasteiger partial charge in [-0.25, -0.2) is 9.37 Å². The van der Waals surface area contributed by atoms with Gasteiger partial charge < -0.3 is 15.0 Å². The number of morpholine rings is 1. The Kier molecular flexibility index (Phi) is 7.76. The lowest BCUT2D eigenvalue weighted by Gasteiger charge is -2.38. The smallest absolute Gasteiger partial charge is 0.193 e. The fourth-order valence-corrected chi connectivity index (χ4v) is 2.95. The van der Waals surface area contributed by atoms with E-state index in [4.69, 9.17) is 4.74 Å². The Bertz CT molecular complexity index is 694. The van der Waals surface area contributed by atoms with Gasteiger partial charge in [-0.05, 0) is 24.6 Å². The minimum atomic E-state index is -0.241. The number of ether oxygens (including phenoxy) is 1. The first-order chi connectivity index (χ1) is 12.2. The van der Waals surface area contributed by atoms with Crippen molar-refractivity contribution in [2.75, 3.05) is 26.7 Å². The molecule has 0 radical (unpaired) electrons. The third kappa shape index (κ3) is 5.37. The van der Waals surface area contributed by atoms with Crippen LogP contribution in [0.4, 0.5) is 4.39 Å². The number of rotatable bonds is 4. The predicted molar refractivity (Wildman–Crippen MR) is 108 cm³/mol. The summed E-state index contributed by atoms with van der Waals surface area (Å²) in [4.78, 5) is 10.5. The second-order valence-corrected chi connectivity index (χ2v) is 6.02. The third-order valence-corrected chi connectivity index (χ3v) is 4.10. The fraction of sp³-hybridized carbons (Fsp3) is 0.471. The molecule has 0 spiro atoms. The normalized spacial score (nSPS) is 20.6. The Morgan fingerprint density at radius 3 is 2.77 bits per heavy atom. The van der Waals surface area contributed by atoms with E-state index in [1.165, 1.54) is 18.5 Å². The molecular formula is C17H24FIN6O. The monoisotopic (exact) mass is 474 g/mol. The fourth-order valence-electron chi connectivity index (χ4n) is 2.95. The number of nitrogens with zero attached hydrogens (tertiary/aromatic N) is 5. The van der Waals surface area contributed by atoms with Crippen LogP contribution in [0.1, 0.15) is 18.6 Å². The lowest BCUT2D eigenvalue weighted by atomic mass is 10.1. The molecule has 0 amide bonds. The molecule has 1 aromatic heterocycles. The Labute approximate surface area is 169 Å². The van der Waals surface area contributed by atoms with Crippen LogP contribution in [-0.4, -0.2) is 58.4 Å². The summed E-state index contributed by atoms with van der Waals surface area (Å²) in [6.07, 6.45) is 3.15. The number of nitrogens with one attached hydrogen (secondary N) is 1. The highest BCUT2D eigenvalue weighted by atomic mass is 127. The van der Waals surface area contributed by atoms with Crippen LogP contribution >= 0.6 is 24.0 Å². The minimum absolute atomic E-state index is 0. The number of aromatic nitrogens is 3. The summed E-state index contributed by atoms with van der Waals surface area (Å²) in [7, 11) is 1.77. The maximum Gasteiger partial charge on any atom is 0.193 e. The van der Waals surface area contributed by atoms with Crippen molar-refractivity contribution >= 4 is 29.9 Å². The van der Waals surface area contributed by atoms with Gasteiger partial charge in [0.25, 0.3) is 0 Å². The van der Waals surface area contributed by atoms with E-state index in [1.807, 2.05) is 6.92 Å². The highest BCUT2D eigenvalue weighted by Gasteiger charge is 2.28. The van der Waals surface area contributed by atoms with Crippen molar-refractivity contribution in [3.05, 3.63) is 48.3 Å². The molecule has 142 valence electrons. The molecule has 1 N–H and O–H groups in total. The van der Waals surface area contributed by atoms with Gasteiger partial charge in [-0.15, -0.1) is 24.0 Å². The maximum absolute atomic E-state index is 13.2. The van der Waals surface area contributed by atoms with Crippen LogP contribution < -0.4 is 5.32 Å². The number of guanidine groups is 1. The van der Waals surface area contributed by atoms with E-state index < -0.39 is 0 Å². The summed E-state index contributed by atoms with van der Waals surface area (Å²) >= 11 is 0. The predicted octanol–water partition coefficient (Wildman–Crippen LogP) is 2.07. The van der Waals surface area contributed by atoms with Crippen LogP contribution in [0.25, 0.3) is 0 Å². The molecule has 2 heterocycles. The van der Waals surface area contributed by atoms with Crippen molar-refractivity contribution in [1.82, 2.24) is 25.0 Å². The number of benzene rings is 1. The molecule has 2 aromatic rings. The quantitative estimate of drug-likeness (QED) is 0.418. The average Bonchev–Trinajstić information content (AvgIpc) is 3.12. The minimum Gasteiger partial charge on any atom is -0.367 e. The molecule has 1 aliphatic heterocycles. The molecule has 0 bridgehead atoms. The van der Waals surface area contributed by atoms with Gasteiger partial charge in [0, 0.05) is 20.1 Å². The van der Waals surface area contributed by atoms with Crippen LogP contribution in [0, 0.1) is 5.82 Å². The molecular weight excluding hydrogens is 450 g/mol. The van der Waals surface area contributed by atoms with E-state index in [0.717, 1.165) is 18.1 Å². The van der Waals surface area contributed by atoms with E-state index in [-0.39, 0.29) is 42.0 Å². The first-order valence-electron chi connectivity index (χ1n) is 8.34. The SMILES string of the molecule is CN=C(NCCn1cncn1)N1CC(C)OC(c2ccc(F)cc2)C1.I. The molecule has 0 saturated carbocycles. The molecule has 9 heteroatoms. The van der Waals surface area contributed by atoms with Gasteiger partial charge in [-0.3, -0.25) is 9.67 Å². The average molecular weight is 474 g/mol. The van der Waals surface area contributed by atoms with Crippen molar-refractivity contribution in [2.24, 2.45) is 4.99 Å². The van der Waals surface area contributed by atoms with Gasteiger partial charge >= 0.3 is 0 Å². The van der Waals surface area contributed by atoms with Gasteiger partial charge in [0.15, 0.2) is 5.96 Å².